The predicted octanol–water partition coefficient (Wildman–Crippen LogP) is 4.69. The molecule has 2 aliphatic carbocycles. The molecule has 2 saturated carbocycles. The Kier molecular flexibility index (Phi) is 3.56. The summed E-state index contributed by atoms with van der Waals surface area (Å²) in [5.41, 5.74) is 8.09. The number of fused-ring (bicyclic) bond motifs is 2. The van der Waals surface area contributed by atoms with Gasteiger partial charge in [0.25, 0.3) is 0 Å². The molecule has 0 radical (unpaired) electrons. The second kappa shape index (κ2) is 5.01. The van der Waals surface area contributed by atoms with E-state index >= 15 is 0 Å². The highest BCUT2D eigenvalue weighted by molar-refractivity contribution is 5.36. The minimum atomic E-state index is 0.0700. The topological polar surface area (TPSA) is 35.2 Å². The van der Waals surface area contributed by atoms with Crippen molar-refractivity contribution in [2.75, 3.05) is 0 Å². The average Bonchev–Trinajstić information content (AvgIpc) is 2.80. The van der Waals surface area contributed by atoms with Crippen LogP contribution in [0.2, 0.25) is 0 Å². The molecule has 116 valence electrons. The zero-order valence-corrected chi connectivity index (χ0v) is 13.9. The van der Waals surface area contributed by atoms with Crippen LogP contribution >= 0.6 is 0 Å². The number of hydrogen-bond donors (Lipinski definition) is 1. The molecule has 2 heteroatoms. The van der Waals surface area contributed by atoms with Gasteiger partial charge in [-0.1, -0.05) is 45.9 Å². The zero-order valence-electron chi connectivity index (χ0n) is 13.9. The van der Waals surface area contributed by atoms with Gasteiger partial charge in [-0.2, -0.15) is 0 Å². The third kappa shape index (κ3) is 2.11. The summed E-state index contributed by atoms with van der Waals surface area (Å²) in [6.07, 6.45) is 5.11. The van der Waals surface area contributed by atoms with Crippen molar-refractivity contribution in [1.82, 2.24) is 0 Å². The van der Waals surface area contributed by atoms with E-state index < -0.39 is 0 Å². The highest BCUT2D eigenvalue weighted by Gasteiger charge is 2.62. The van der Waals surface area contributed by atoms with Gasteiger partial charge in [0.05, 0.1) is 0 Å². The van der Waals surface area contributed by atoms with Gasteiger partial charge >= 0.3 is 0 Å². The molecule has 0 heterocycles. The second-order valence-electron chi connectivity index (χ2n) is 7.77. The molecule has 0 amide bonds. The van der Waals surface area contributed by atoms with Gasteiger partial charge < -0.3 is 10.5 Å². The Labute approximate surface area is 129 Å². The zero-order chi connectivity index (χ0) is 15.3. The summed E-state index contributed by atoms with van der Waals surface area (Å²) >= 11 is 0. The van der Waals surface area contributed by atoms with Gasteiger partial charge in [-0.3, -0.25) is 0 Å². The highest BCUT2D eigenvalue weighted by atomic mass is 16.5. The van der Waals surface area contributed by atoms with Crippen LogP contribution in [0.25, 0.3) is 0 Å². The van der Waals surface area contributed by atoms with Crippen LogP contribution in [-0.4, -0.2) is 6.10 Å². The molecule has 0 aliphatic heterocycles. The van der Waals surface area contributed by atoms with Crippen molar-refractivity contribution in [1.29, 1.82) is 0 Å². The van der Waals surface area contributed by atoms with Crippen LogP contribution in [0.15, 0.2) is 24.3 Å². The van der Waals surface area contributed by atoms with E-state index in [2.05, 4.69) is 52.0 Å². The maximum atomic E-state index is 6.52. The van der Waals surface area contributed by atoms with E-state index in [1.165, 1.54) is 19.3 Å². The van der Waals surface area contributed by atoms with Crippen molar-refractivity contribution in [2.24, 2.45) is 22.5 Å². The first kappa shape index (κ1) is 14.9. The first-order chi connectivity index (χ1) is 9.90. The maximum absolute atomic E-state index is 6.52. The van der Waals surface area contributed by atoms with Crippen molar-refractivity contribution < 1.29 is 4.74 Å². The van der Waals surface area contributed by atoms with Crippen LogP contribution in [0.3, 0.4) is 0 Å². The minimum absolute atomic E-state index is 0.0700. The predicted molar refractivity (Wildman–Crippen MR) is 87.3 cm³/mol. The Bertz CT molecular complexity index is 524. The van der Waals surface area contributed by atoms with Crippen LogP contribution in [0.1, 0.15) is 65.0 Å². The highest BCUT2D eigenvalue weighted by Crippen LogP contribution is 2.66. The van der Waals surface area contributed by atoms with E-state index in [1.807, 2.05) is 0 Å². The van der Waals surface area contributed by atoms with E-state index in [1.54, 1.807) is 0 Å². The molecule has 4 atom stereocenters. The summed E-state index contributed by atoms with van der Waals surface area (Å²) in [4.78, 5) is 0. The molecule has 2 bridgehead atoms. The SMILES string of the molecule is CC[C@@H](N)c1ccccc1OC1CC2CCC1(C)C2(C)C. The van der Waals surface area contributed by atoms with Crippen LogP contribution in [0.5, 0.6) is 5.75 Å². The molecule has 0 spiro atoms. The number of ether oxygens (including phenoxy) is 1. The Morgan fingerprint density at radius 1 is 1.29 bits per heavy atom. The largest absolute Gasteiger partial charge is 0.489 e. The molecule has 2 aliphatic rings. The molecule has 2 nitrogen and oxygen atoms in total. The molecular formula is C19H29NO. The number of hydrogen-bond acceptors (Lipinski definition) is 2. The molecule has 1 aromatic rings. The van der Waals surface area contributed by atoms with E-state index in [0.29, 0.717) is 16.9 Å². The van der Waals surface area contributed by atoms with Crippen LogP contribution in [-0.2, 0) is 0 Å². The van der Waals surface area contributed by atoms with Gasteiger partial charge in [-0.25, -0.2) is 0 Å². The van der Waals surface area contributed by atoms with Gasteiger partial charge in [0.1, 0.15) is 11.9 Å². The van der Waals surface area contributed by atoms with Crippen LogP contribution < -0.4 is 10.5 Å². The normalized spacial score (nSPS) is 34.9. The molecule has 1 aromatic carbocycles. The van der Waals surface area contributed by atoms with Gasteiger partial charge in [-0.15, -0.1) is 0 Å². The number of nitrogens with two attached hydrogens (primary N) is 1. The van der Waals surface area contributed by atoms with Crippen molar-refractivity contribution in [3.8, 4) is 5.75 Å². The Morgan fingerprint density at radius 3 is 2.57 bits per heavy atom. The fourth-order valence-electron chi connectivity index (χ4n) is 4.58. The average molecular weight is 287 g/mol. The first-order valence-electron chi connectivity index (χ1n) is 8.41. The van der Waals surface area contributed by atoms with E-state index in [-0.39, 0.29) is 6.04 Å². The van der Waals surface area contributed by atoms with Gasteiger partial charge in [0.2, 0.25) is 0 Å². The van der Waals surface area contributed by atoms with E-state index in [9.17, 15) is 0 Å². The summed E-state index contributed by atoms with van der Waals surface area (Å²) in [6.45, 7) is 9.41. The lowest BCUT2D eigenvalue weighted by Crippen LogP contribution is -2.39. The van der Waals surface area contributed by atoms with Crippen LogP contribution in [0.4, 0.5) is 0 Å². The first-order valence-corrected chi connectivity index (χ1v) is 8.41. The maximum Gasteiger partial charge on any atom is 0.124 e. The van der Waals surface area contributed by atoms with Gasteiger partial charge in [0.15, 0.2) is 0 Å². The van der Waals surface area contributed by atoms with Gasteiger partial charge in [0, 0.05) is 17.0 Å². The second-order valence-corrected chi connectivity index (χ2v) is 7.77. The monoisotopic (exact) mass is 287 g/mol. The third-order valence-corrected chi connectivity index (χ3v) is 6.74. The third-order valence-electron chi connectivity index (χ3n) is 6.74. The molecule has 0 aromatic heterocycles. The number of rotatable bonds is 4. The lowest BCUT2D eigenvalue weighted by Gasteiger charge is -2.39. The summed E-state index contributed by atoms with van der Waals surface area (Å²) < 4.78 is 6.52. The molecule has 2 N–H and O–H groups in total. The molecule has 3 unspecified atom stereocenters. The standard InChI is InChI=1S/C19H29NO/c1-5-15(20)14-8-6-7-9-16(14)21-17-12-13-10-11-19(17,4)18(13,2)3/h6-9,13,15,17H,5,10-12,20H2,1-4H3/t13?,15-,17?,19?/m1/s1. The Balaban J connectivity index is 1.86. The number of benzene rings is 1. The summed E-state index contributed by atoms with van der Waals surface area (Å²) in [5, 5.41) is 0. The Morgan fingerprint density at radius 2 is 2.00 bits per heavy atom. The molecule has 0 saturated heterocycles. The van der Waals surface area contributed by atoms with Gasteiger partial charge in [-0.05, 0) is 43.1 Å². The quantitative estimate of drug-likeness (QED) is 0.872. The fourth-order valence-corrected chi connectivity index (χ4v) is 4.58. The Hall–Kier alpha value is -1.02. The minimum Gasteiger partial charge on any atom is -0.489 e. The van der Waals surface area contributed by atoms with Crippen molar-refractivity contribution >= 4 is 0 Å². The molecular weight excluding hydrogens is 258 g/mol. The van der Waals surface area contributed by atoms with E-state index in [0.717, 1.165) is 23.7 Å². The molecule has 3 rings (SSSR count). The number of para-hydroxylation sites is 1. The molecule has 2 fully saturated rings. The van der Waals surface area contributed by atoms with Crippen molar-refractivity contribution in [3.63, 3.8) is 0 Å². The lowest BCUT2D eigenvalue weighted by molar-refractivity contribution is 0.0293. The van der Waals surface area contributed by atoms with Crippen molar-refractivity contribution in [2.45, 2.75) is 65.5 Å². The summed E-state index contributed by atoms with van der Waals surface area (Å²) in [7, 11) is 0. The lowest BCUT2D eigenvalue weighted by atomic mass is 9.70. The summed E-state index contributed by atoms with van der Waals surface area (Å²) in [5.74, 6) is 1.81. The van der Waals surface area contributed by atoms with Crippen molar-refractivity contribution in [3.05, 3.63) is 29.8 Å². The molecule has 21 heavy (non-hydrogen) atoms. The summed E-state index contributed by atoms with van der Waals surface area (Å²) in [6, 6.07) is 8.39. The van der Waals surface area contributed by atoms with E-state index in [4.69, 9.17) is 10.5 Å². The smallest absolute Gasteiger partial charge is 0.124 e. The fraction of sp³-hybridized carbons (Fsp3) is 0.684. The van der Waals surface area contributed by atoms with Crippen LogP contribution in [0, 0.1) is 16.7 Å².